The lowest BCUT2D eigenvalue weighted by Gasteiger charge is -2.18. The highest BCUT2D eigenvalue weighted by atomic mass is 16.3. The fourth-order valence-electron chi connectivity index (χ4n) is 3.09. The Bertz CT molecular complexity index is 772. The zero-order chi connectivity index (χ0) is 19.1. The number of rotatable bonds is 6. The predicted molar refractivity (Wildman–Crippen MR) is 105 cm³/mol. The molecule has 0 aliphatic carbocycles. The molecule has 3 rings (SSSR count). The largest absolute Gasteiger partial charge is 0.444 e. The van der Waals surface area contributed by atoms with E-state index in [0.29, 0.717) is 18.9 Å². The van der Waals surface area contributed by atoms with Crippen molar-refractivity contribution in [2.75, 3.05) is 19.6 Å². The highest BCUT2D eigenvalue weighted by Crippen LogP contribution is 2.18. The van der Waals surface area contributed by atoms with E-state index >= 15 is 0 Å². The van der Waals surface area contributed by atoms with Crippen LogP contribution in [-0.2, 0) is 11.3 Å². The van der Waals surface area contributed by atoms with Crippen molar-refractivity contribution < 1.29 is 9.21 Å². The lowest BCUT2D eigenvalue weighted by Crippen LogP contribution is -2.45. The molecule has 0 saturated carbocycles. The van der Waals surface area contributed by atoms with Crippen LogP contribution < -0.4 is 10.6 Å². The number of hydrogen-bond acceptors (Lipinski definition) is 4. The van der Waals surface area contributed by atoms with Gasteiger partial charge in [0.1, 0.15) is 12.0 Å². The molecule has 2 N–H and O–H groups in total. The van der Waals surface area contributed by atoms with Gasteiger partial charge >= 0.3 is 0 Å². The predicted octanol–water partition coefficient (Wildman–Crippen LogP) is 2.41. The number of amides is 1. The van der Waals surface area contributed by atoms with Crippen LogP contribution in [0.15, 0.2) is 46.0 Å². The summed E-state index contributed by atoms with van der Waals surface area (Å²) in [6.07, 6.45) is 3.13. The molecule has 1 aromatic heterocycles. The van der Waals surface area contributed by atoms with Gasteiger partial charge in [0.15, 0.2) is 5.96 Å². The Morgan fingerprint density at radius 2 is 2.15 bits per heavy atom. The number of carbonyl (C=O) groups excluding carboxylic acids is 1. The van der Waals surface area contributed by atoms with Gasteiger partial charge in [0.2, 0.25) is 11.8 Å². The van der Waals surface area contributed by atoms with E-state index in [4.69, 9.17) is 4.42 Å². The van der Waals surface area contributed by atoms with Gasteiger partial charge in [-0.05, 0) is 25.5 Å². The average molecular weight is 369 g/mol. The highest BCUT2D eigenvalue weighted by Gasteiger charge is 2.25. The molecule has 0 bridgehead atoms. The second-order valence-electron chi connectivity index (χ2n) is 6.53. The molecule has 1 aromatic carbocycles. The Morgan fingerprint density at radius 3 is 2.89 bits per heavy atom. The second-order valence-corrected chi connectivity index (χ2v) is 6.53. The third kappa shape index (κ3) is 5.09. The maximum atomic E-state index is 11.8. The first-order chi connectivity index (χ1) is 13.2. The van der Waals surface area contributed by atoms with Crippen molar-refractivity contribution in [1.82, 2.24) is 20.5 Å². The lowest BCUT2D eigenvalue weighted by molar-refractivity contribution is -0.129. The lowest BCUT2D eigenvalue weighted by atomic mass is 10.2. The normalized spacial score (nSPS) is 17.2. The van der Waals surface area contributed by atoms with Crippen LogP contribution >= 0.6 is 0 Å². The fraction of sp³-hybridized carbons (Fsp3) is 0.450. The van der Waals surface area contributed by atoms with Gasteiger partial charge in [-0.3, -0.25) is 4.79 Å². The molecule has 1 atom stereocenters. The molecule has 2 heterocycles. The molecule has 0 spiro atoms. The molecule has 7 nitrogen and oxygen atoms in total. The number of likely N-dealkylation sites (tertiary alicyclic amines) is 1. The van der Waals surface area contributed by atoms with Crippen molar-refractivity contribution >= 4 is 11.9 Å². The zero-order valence-electron chi connectivity index (χ0n) is 15.9. The molecule has 2 aromatic rings. The zero-order valence-corrected chi connectivity index (χ0v) is 15.9. The topological polar surface area (TPSA) is 82.8 Å². The maximum Gasteiger partial charge on any atom is 0.226 e. The second kappa shape index (κ2) is 9.21. The molecule has 1 saturated heterocycles. The summed E-state index contributed by atoms with van der Waals surface area (Å²) >= 11 is 0. The van der Waals surface area contributed by atoms with E-state index < -0.39 is 0 Å². The van der Waals surface area contributed by atoms with Gasteiger partial charge in [-0.2, -0.15) is 0 Å². The highest BCUT2D eigenvalue weighted by molar-refractivity contribution is 5.80. The van der Waals surface area contributed by atoms with Gasteiger partial charge in [0.05, 0.1) is 6.54 Å². The van der Waals surface area contributed by atoms with E-state index in [9.17, 15) is 4.79 Å². The van der Waals surface area contributed by atoms with Crippen LogP contribution in [0.1, 0.15) is 32.4 Å². The number of aliphatic imine (C=N–C) groups is 1. The summed E-state index contributed by atoms with van der Waals surface area (Å²) in [7, 11) is 0. The summed E-state index contributed by atoms with van der Waals surface area (Å²) in [5, 5.41) is 6.67. The number of nitrogens with zero attached hydrogens (tertiary/aromatic N) is 3. The average Bonchev–Trinajstić information content (AvgIpc) is 3.36. The van der Waals surface area contributed by atoms with E-state index in [1.54, 1.807) is 6.26 Å². The number of hydrogen-bond donors (Lipinski definition) is 2. The quantitative estimate of drug-likeness (QED) is 0.604. The Hall–Kier alpha value is -2.83. The Balaban J connectivity index is 1.60. The van der Waals surface area contributed by atoms with E-state index in [1.165, 1.54) is 0 Å². The van der Waals surface area contributed by atoms with Gasteiger partial charge < -0.3 is 20.0 Å². The third-order valence-electron chi connectivity index (χ3n) is 4.50. The van der Waals surface area contributed by atoms with Gasteiger partial charge in [0, 0.05) is 37.7 Å². The molecule has 7 heteroatoms. The molecule has 1 fully saturated rings. The van der Waals surface area contributed by atoms with Crippen molar-refractivity contribution in [3.8, 4) is 11.5 Å². The Kier molecular flexibility index (Phi) is 6.46. The van der Waals surface area contributed by atoms with Gasteiger partial charge in [0.25, 0.3) is 0 Å². The fourth-order valence-corrected chi connectivity index (χ4v) is 3.09. The van der Waals surface area contributed by atoms with E-state index in [0.717, 1.165) is 43.3 Å². The number of nitrogens with one attached hydrogen (secondary N) is 2. The van der Waals surface area contributed by atoms with Crippen LogP contribution in [0.4, 0.5) is 0 Å². The van der Waals surface area contributed by atoms with E-state index in [2.05, 4.69) is 20.6 Å². The number of guanidine groups is 1. The minimum absolute atomic E-state index is 0.206. The molecular formula is C20H27N5O2. The minimum atomic E-state index is 0.206. The molecule has 27 heavy (non-hydrogen) atoms. The van der Waals surface area contributed by atoms with Crippen molar-refractivity contribution in [2.45, 2.75) is 39.3 Å². The summed E-state index contributed by atoms with van der Waals surface area (Å²) in [5.41, 5.74) is 1.73. The smallest absolute Gasteiger partial charge is 0.226 e. The molecule has 0 radical (unpaired) electrons. The summed E-state index contributed by atoms with van der Waals surface area (Å²) in [5.74, 6) is 1.54. The van der Waals surface area contributed by atoms with Crippen molar-refractivity contribution in [3.05, 3.63) is 42.3 Å². The third-order valence-corrected chi connectivity index (χ3v) is 4.50. The van der Waals surface area contributed by atoms with Crippen molar-refractivity contribution in [3.63, 3.8) is 0 Å². The standard InChI is InChI=1S/C20H27N5O2/c1-3-18(26)25-11-10-16(13-25)24-20(21-4-2)22-12-17-14-27-19(23-17)15-8-6-5-7-9-15/h5-9,14,16H,3-4,10-13H2,1-2H3,(H2,21,22,24). The van der Waals surface area contributed by atoms with Crippen LogP contribution in [0.3, 0.4) is 0 Å². The monoisotopic (exact) mass is 369 g/mol. The Morgan fingerprint density at radius 1 is 1.33 bits per heavy atom. The molecule has 144 valence electrons. The number of oxazole rings is 1. The van der Waals surface area contributed by atoms with Crippen LogP contribution in [0.2, 0.25) is 0 Å². The van der Waals surface area contributed by atoms with Crippen LogP contribution in [-0.4, -0.2) is 47.4 Å². The molecule has 1 unspecified atom stereocenters. The first-order valence-electron chi connectivity index (χ1n) is 9.52. The first kappa shape index (κ1) is 18.9. The van der Waals surface area contributed by atoms with Crippen molar-refractivity contribution in [2.24, 2.45) is 4.99 Å². The minimum Gasteiger partial charge on any atom is -0.444 e. The summed E-state index contributed by atoms with van der Waals surface area (Å²) in [4.78, 5) is 22.9. The summed E-state index contributed by atoms with van der Waals surface area (Å²) < 4.78 is 5.56. The number of carbonyl (C=O) groups is 1. The molecule has 1 aliphatic heterocycles. The molecular weight excluding hydrogens is 342 g/mol. The van der Waals surface area contributed by atoms with Gasteiger partial charge in [-0.15, -0.1) is 0 Å². The molecule has 1 aliphatic rings. The number of benzene rings is 1. The summed E-state index contributed by atoms with van der Waals surface area (Å²) in [6.45, 7) is 6.64. The van der Waals surface area contributed by atoms with E-state index in [-0.39, 0.29) is 11.9 Å². The SMILES string of the molecule is CCNC(=NCc1coc(-c2ccccc2)n1)NC1CCN(C(=O)CC)C1. The van der Waals surface area contributed by atoms with Crippen LogP contribution in [0, 0.1) is 0 Å². The van der Waals surface area contributed by atoms with Gasteiger partial charge in [-0.1, -0.05) is 25.1 Å². The van der Waals surface area contributed by atoms with Crippen LogP contribution in [0.25, 0.3) is 11.5 Å². The molecule has 1 amide bonds. The maximum absolute atomic E-state index is 11.8. The van der Waals surface area contributed by atoms with Crippen molar-refractivity contribution in [1.29, 1.82) is 0 Å². The summed E-state index contributed by atoms with van der Waals surface area (Å²) in [6, 6.07) is 10.0. The van der Waals surface area contributed by atoms with E-state index in [1.807, 2.05) is 49.1 Å². The Labute approximate surface area is 159 Å². The number of aromatic nitrogens is 1. The first-order valence-corrected chi connectivity index (χ1v) is 9.52. The van der Waals surface area contributed by atoms with Crippen LogP contribution in [0.5, 0.6) is 0 Å². The van der Waals surface area contributed by atoms with Gasteiger partial charge in [-0.25, -0.2) is 9.98 Å².